The Morgan fingerprint density at radius 1 is 1.41 bits per heavy atom. The van der Waals surface area contributed by atoms with Crippen LogP contribution in [0.15, 0.2) is 52.6 Å². The summed E-state index contributed by atoms with van der Waals surface area (Å²) in [7, 11) is 0. The summed E-state index contributed by atoms with van der Waals surface area (Å²) in [6, 6.07) is 9.70. The van der Waals surface area contributed by atoms with E-state index in [1.165, 1.54) is 0 Å². The summed E-state index contributed by atoms with van der Waals surface area (Å²) in [4.78, 5) is 0. The van der Waals surface area contributed by atoms with Crippen LogP contribution in [0, 0.1) is 5.92 Å². The molecule has 1 aromatic carbocycles. The first-order valence-corrected chi connectivity index (χ1v) is 7.95. The molecule has 2 aliphatic rings. The lowest BCUT2D eigenvalue weighted by Crippen LogP contribution is -2.31. The minimum Gasteiger partial charge on any atom is -0.375 e. The Balaban J connectivity index is 2.00. The van der Waals surface area contributed by atoms with Crippen LogP contribution < -0.4 is 0 Å². The fourth-order valence-electron chi connectivity index (χ4n) is 3.65. The smallest absolute Gasteiger partial charge is 0.158 e. The third-order valence-electron chi connectivity index (χ3n) is 4.62. The number of fused-ring (bicyclic) bond motifs is 2. The number of benzene rings is 1. The van der Waals surface area contributed by atoms with Gasteiger partial charge in [0.2, 0.25) is 0 Å². The second-order valence-corrected chi connectivity index (χ2v) is 6.20. The van der Waals surface area contributed by atoms with E-state index in [0.717, 1.165) is 28.7 Å². The summed E-state index contributed by atoms with van der Waals surface area (Å²) in [5.74, 6) is 1.05. The van der Waals surface area contributed by atoms with Gasteiger partial charge in [-0.1, -0.05) is 48.5 Å². The van der Waals surface area contributed by atoms with E-state index in [1.807, 2.05) is 24.3 Å². The predicted octanol–water partition coefficient (Wildman–Crippen LogP) is 4.01. The van der Waals surface area contributed by atoms with Crippen LogP contribution in [0.4, 0.5) is 0 Å². The predicted molar refractivity (Wildman–Crippen MR) is 85.3 cm³/mol. The monoisotopic (exact) mass is 313 g/mol. The van der Waals surface area contributed by atoms with Crippen molar-refractivity contribution >= 4 is 17.2 Å². The first-order chi connectivity index (χ1) is 10.7. The number of hydrogen-bond acceptors (Lipinski definition) is 3. The van der Waals surface area contributed by atoms with Crippen LogP contribution >= 0.6 is 11.6 Å². The highest BCUT2D eigenvalue weighted by molar-refractivity contribution is 6.16. The third-order valence-corrected chi connectivity index (χ3v) is 4.88. The molecule has 2 atom stereocenters. The van der Waals surface area contributed by atoms with Crippen LogP contribution in [0.2, 0.25) is 0 Å². The van der Waals surface area contributed by atoms with E-state index in [-0.39, 0.29) is 11.8 Å². The maximum Gasteiger partial charge on any atom is 0.158 e. The van der Waals surface area contributed by atoms with Crippen molar-refractivity contribution in [3.8, 4) is 0 Å². The molecule has 1 N–H and O–H groups in total. The standard InChI is InChI=1S/C18H16ClNO2/c1-11-5-4-7-14-13-6-2-3-8-15(13)18(21,17(11)14)16-9-12(10-19)22-20-16/h2-4,6-9,11,21H,5,10H2,1H3. The molecule has 1 heterocycles. The van der Waals surface area contributed by atoms with Crippen molar-refractivity contribution in [1.29, 1.82) is 0 Å². The van der Waals surface area contributed by atoms with Crippen molar-refractivity contribution in [1.82, 2.24) is 5.16 Å². The number of rotatable bonds is 2. The second-order valence-electron chi connectivity index (χ2n) is 5.93. The first kappa shape index (κ1) is 13.8. The zero-order chi connectivity index (χ0) is 15.3. The summed E-state index contributed by atoms with van der Waals surface area (Å²) < 4.78 is 5.24. The lowest BCUT2D eigenvalue weighted by atomic mass is 9.78. The summed E-state index contributed by atoms with van der Waals surface area (Å²) in [5, 5.41) is 15.7. The quantitative estimate of drug-likeness (QED) is 0.852. The molecule has 2 aromatic rings. The highest BCUT2D eigenvalue weighted by atomic mass is 35.5. The van der Waals surface area contributed by atoms with E-state index in [9.17, 15) is 5.11 Å². The van der Waals surface area contributed by atoms with Crippen molar-refractivity contribution in [3.63, 3.8) is 0 Å². The van der Waals surface area contributed by atoms with E-state index in [2.05, 4.69) is 24.2 Å². The molecule has 4 rings (SSSR count). The minimum absolute atomic E-state index is 0.242. The van der Waals surface area contributed by atoms with Crippen LogP contribution in [0.25, 0.3) is 5.57 Å². The number of allylic oxidation sites excluding steroid dienone is 3. The van der Waals surface area contributed by atoms with Gasteiger partial charge in [0.15, 0.2) is 11.4 Å². The summed E-state index contributed by atoms with van der Waals surface area (Å²) in [6.07, 6.45) is 5.18. The first-order valence-electron chi connectivity index (χ1n) is 7.41. The molecular weight excluding hydrogens is 298 g/mol. The van der Waals surface area contributed by atoms with Crippen LogP contribution in [0.1, 0.15) is 35.9 Å². The van der Waals surface area contributed by atoms with Crippen LogP contribution in [0.3, 0.4) is 0 Å². The number of aromatic nitrogens is 1. The minimum atomic E-state index is -1.23. The number of alkyl halides is 1. The van der Waals surface area contributed by atoms with Gasteiger partial charge in [-0.25, -0.2) is 0 Å². The topological polar surface area (TPSA) is 46.3 Å². The number of hydrogen-bond donors (Lipinski definition) is 1. The summed E-state index contributed by atoms with van der Waals surface area (Å²) in [5.41, 5.74) is 3.33. The lowest BCUT2D eigenvalue weighted by Gasteiger charge is -2.30. The van der Waals surface area contributed by atoms with Crippen LogP contribution in [-0.2, 0) is 11.5 Å². The van der Waals surface area contributed by atoms with E-state index in [0.29, 0.717) is 11.5 Å². The highest BCUT2D eigenvalue weighted by Gasteiger charge is 2.48. The Hall–Kier alpha value is -1.84. The Bertz CT molecular complexity index is 805. The van der Waals surface area contributed by atoms with Crippen molar-refractivity contribution in [2.45, 2.75) is 24.8 Å². The largest absolute Gasteiger partial charge is 0.375 e. The van der Waals surface area contributed by atoms with Gasteiger partial charge >= 0.3 is 0 Å². The van der Waals surface area contributed by atoms with Gasteiger partial charge in [-0.2, -0.15) is 0 Å². The molecule has 2 aliphatic carbocycles. The Morgan fingerprint density at radius 3 is 3.00 bits per heavy atom. The maximum atomic E-state index is 11.6. The van der Waals surface area contributed by atoms with Crippen molar-refractivity contribution < 1.29 is 9.63 Å². The average molecular weight is 314 g/mol. The SMILES string of the molecule is CC1CC=CC2=C1C(O)(c1cc(CCl)on1)c1ccccc12. The normalized spacial score (nSPS) is 26.2. The Kier molecular flexibility index (Phi) is 3.03. The van der Waals surface area contributed by atoms with Crippen molar-refractivity contribution in [3.05, 3.63) is 70.6 Å². The van der Waals surface area contributed by atoms with Crippen LogP contribution in [-0.4, -0.2) is 10.3 Å². The highest BCUT2D eigenvalue weighted by Crippen LogP contribution is 2.53. The molecule has 3 nitrogen and oxygen atoms in total. The third kappa shape index (κ3) is 1.70. The van der Waals surface area contributed by atoms with E-state index in [1.54, 1.807) is 6.07 Å². The number of nitrogens with zero attached hydrogens (tertiary/aromatic N) is 1. The fraction of sp³-hybridized carbons (Fsp3) is 0.278. The van der Waals surface area contributed by atoms with E-state index in [4.69, 9.17) is 16.1 Å². The molecule has 0 spiro atoms. The van der Waals surface area contributed by atoms with Crippen LogP contribution in [0.5, 0.6) is 0 Å². The number of halogens is 1. The van der Waals surface area contributed by atoms with E-state index < -0.39 is 5.60 Å². The van der Waals surface area contributed by atoms with Gasteiger partial charge in [0, 0.05) is 11.6 Å². The lowest BCUT2D eigenvalue weighted by molar-refractivity contribution is 0.105. The van der Waals surface area contributed by atoms with Gasteiger partial charge in [0.05, 0.1) is 5.88 Å². The molecule has 0 saturated heterocycles. The molecule has 0 radical (unpaired) electrons. The summed E-state index contributed by atoms with van der Waals surface area (Å²) in [6.45, 7) is 2.14. The molecule has 0 bridgehead atoms. The fourth-order valence-corrected chi connectivity index (χ4v) is 3.78. The Labute approximate surface area is 133 Å². The van der Waals surface area contributed by atoms with E-state index >= 15 is 0 Å². The molecule has 0 saturated carbocycles. The average Bonchev–Trinajstić information content (AvgIpc) is 3.12. The molecule has 2 unspecified atom stereocenters. The van der Waals surface area contributed by atoms with Gasteiger partial charge in [-0.15, -0.1) is 11.6 Å². The second kappa shape index (κ2) is 4.83. The molecule has 112 valence electrons. The molecule has 22 heavy (non-hydrogen) atoms. The molecule has 0 aliphatic heterocycles. The molecule has 0 fully saturated rings. The van der Waals surface area contributed by atoms with Crippen molar-refractivity contribution in [2.24, 2.45) is 5.92 Å². The molecule has 1 aromatic heterocycles. The zero-order valence-corrected chi connectivity index (χ0v) is 13.0. The summed E-state index contributed by atoms with van der Waals surface area (Å²) >= 11 is 5.82. The van der Waals surface area contributed by atoms with Gasteiger partial charge < -0.3 is 9.63 Å². The number of aliphatic hydroxyl groups is 1. The van der Waals surface area contributed by atoms with Gasteiger partial charge in [0.1, 0.15) is 5.69 Å². The van der Waals surface area contributed by atoms with Gasteiger partial charge in [-0.05, 0) is 29.0 Å². The Morgan fingerprint density at radius 2 is 2.23 bits per heavy atom. The molecule has 0 amide bonds. The van der Waals surface area contributed by atoms with Crippen molar-refractivity contribution in [2.75, 3.05) is 0 Å². The van der Waals surface area contributed by atoms with Gasteiger partial charge in [0.25, 0.3) is 0 Å². The maximum absolute atomic E-state index is 11.6. The molecule has 4 heteroatoms. The zero-order valence-electron chi connectivity index (χ0n) is 12.2. The van der Waals surface area contributed by atoms with Gasteiger partial charge in [-0.3, -0.25) is 0 Å². The molecular formula is C18H16ClNO2.